The van der Waals surface area contributed by atoms with E-state index in [4.69, 9.17) is 4.65 Å². The fourth-order valence-corrected chi connectivity index (χ4v) is 0.784. The Labute approximate surface area is 86.4 Å². The molecule has 0 bridgehead atoms. The summed E-state index contributed by atoms with van der Waals surface area (Å²) in [4.78, 5) is 0. The summed E-state index contributed by atoms with van der Waals surface area (Å²) >= 11 is 0. The predicted molar refractivity (Wildman–Crippen MR) is 57.5 cm³/mol. The van der Waals surface area contributed by atoms with Crippen molar-refractivity contribution in [3.05, 3.63) is 11.7 Å². The lowest BCUT2D eigenvalue weighted by atomic mass is 9.84. The van der Waals surface area contributed by atoms with Gasteiger partial charge in [0, 0.05) is 0 Å². The normalized spacial score (nSPS) is 17.0. The van der Waals surface area contributed by atoms with Crippen molar-refractivity contribution >= 4 is 13.7 Å². The van der Waals surface area contributed by atoms with E-state index in [1.807, 2.05) is 37.8 Å². The fraction of sp³-hybridized carbons (Fsp3) is 0.700. The highest BCUT2D eigenvalue weighted by atomic mass is 16.5. The Morgan fingerprint density at radius 1 is 1.36 bits per heavy atom. The molecule has 1 aliphatic heterocycles. The summed E-state index contributed by atoms with van der Waals surface area (Å²) in [5.74, 6) is 0. The minimum atomic E-state index is -0.865. The van der Waals surface area contributed by atoms with Crippen molar-refractivity contribution in [2.75, 3.05) is 7.05 Å². The van der Waals surface area contributed by atoms with Crippen LogP contribution in [-0.4, -0.2) is 41.6 Å². The van der Waals surface area contributed by atoms with E-state index in [0.29, 0.717) is 0 Å². The SMILES string of the molecule is C[N+]1=CC=C1[B]OC(C)(C)C(C)(C)O. The van der Waals surface area contributed by atoms with Crippen molar-refractivity contribution in [2.24, 2.45) is 0 Å². The minimum Gasteiger partial charge on any atom is -0.421 e. The molecule has 0 spiro atoms. The number of nitrogens with zero attached hydrogens (tertiary/aromatic N) is 1. The van der Waals surface area contributed by atoms with Crippen LogP contribution in [0.3, 0.4) is 0 Å². The molecule has 1 aliphatic rings. The largest absolute Gasteiger partial charge is 0.421 e. The molecule has 3 nitrogen and oxygen atoms in total. The summed E-state index contributed by atoms with van der Waals surface area (Å²) in [6.45, 7) is 7.22. The molecule has 0 aromatic rings. The number of rotatable bonds is 4. The van der Waals surface area contributed by atoms with Crippen LogP contribution >= 0.6 is 0 Å². The molecular formula is C10H18BNO2+. The van der Waals surface area contributed by atoms with E-state index in [-0.39, 0.29) is 0 Å². The van der Waals surface area contributed by atoms with Crippen molar-refractivity contribution in [1.29, 1.82) is 0 Å². The molecule has 0 amide bonds. The number of hydrogen-bond acceptors (Lipinski definition) is 2. The van der Waals surface area contributed by atoms with Crippen molar-refractivity contribution in [3.63, 3.8) is 0 Å². The molecule has 1 N–H and O–H groups in total. The van der Waals surface area contributed by atoms with Crippen LogP contribution in [0.25, 0.3) is 0 Å². The van der Waals surface area contributed by atoms with Gasteiger partial charge in [0.1, 0.15) is 7.05 Å². The summed E-state index contributed by atoms with van der Waals surface area (Å²) in [5.41, 5.74) is -0.442. The smallest absolute Gasteiger partial charge is 0.418 e. The van der Waals surface area contributed by atoms with Gasteiger partial charge in [0.25, 0.3) is 0 Å². The molecule has 0 atom stereocenters. The van der Waals surface area contributed by atoms with E-state index in [0.717, 1.165) is 5.60 Å². The molecule has 77 valence electrons. The van der Waals surface area contributed by atoms with E-state index >= 15 is 0 Å². The summed E-state index contributed by atoms with van der Waals surface area (Å²) < 4.78 is 7.52. The van der Waals surface area contributed by atoms with Crippen LogP contribution in [0, 0.1) is 0 Å². The van der Waals surface area contributed by atoms with Gasteiger partial charge in [0.15, 0.2) is 11.8 Å². The van der Waals surface area contributed by atoms with Gasteiger partial charge in [-0.05, 0) is 27.7 Å². The van der Waals surface area contributed by atoms with Gasteiger partial charge >= 0.3 is 7.48 Å². The second-order valence-electron chi connectivity index (χ2n) is 4.66. The van der Waals surface area contributed by atoms with Gasteiger partial charge in [0.2, 0.25) is 0 Å². The Morgan fingerprint density at radius 3 is 2.21 bits per heavy atom. The molecule has 0 aromatic carbocycles. The van der Waals surface area contributed by atoms with Gasteiger partial charge < -0.3 is 9.76 Å². The summed E-state index contributed by atoms with van der Waals surface area (Å²) in [6, 6.07) is 0. The van der Waals surface area contributed by atoms with E-state index < -0.39 is 11.2 Å². The van der Waals surface area contributed by atoms with Crippen molar-refractivity contribution in [2.45, 2.75) is 38.9 Å². The first-order valence-corrected chi connectivity index (χ1v) is 4.75. The van der Waals surface area contributed by atoms with Crippen molar-refractivity contribution < 1.29 is 14.3 Å². The van der Waals surface area contributed by atoms with Gasteiger partial charge in [-0.1, -0.05) is 0 Å². The number of allylic oxidation sites excluding steroid dienone is 1. The van der Waals surface area contributed by atoms with E-state index in [9.17, 15) is 5.11 Å². The average Bonchev–Trinajstić information content (AvgIpc) is 1.99. The zero-order valence-electron chi connectivity index (χ0n) is 9.53. The van der Waals surface area contributed by atoms with E-state index in [1.165, 1.54) is 0 Å². The summed E-state index contributed by atoms with van der Waals surface area (Å²) in [5, 5.41) is 9.83. The van der Waals surface area contributed by atoms with Gasteiger partial charge in [-0.25, -0.2) is 4.58 Å². The van der Waals surface area contributed by atoms with Crippen LogP contribution in [0.4, 0.5) is 0 Å². The highest BCUT2D eigenvalue weighted by molar-refractivity contribution is 6.38. The van der Waals surface area contributed by atoms with Gasteiger partial charge in [-0.15, -0.1) is 0 Å². The quantitative estimate of drug-likeness (QED) is 0.530. The first kappa shape index (κ1) is 11.5. The molecule has 0 aliphatic carbocycles. The third kappa shape index (κ3) is 2.25. The summed E-state index contributed by atoms with van der Waals surface area (Å²) in [6.07, 6.45) is 3.91. The van der Waals surface area contributed by atoms with Crippen LogP contribution in [-0.2, 0) is 4.65 Å². The van der Waals surface area contributed by atoms with Gasteiger partial charge in [-0.3, -0.25) is 0 Å². The maximum atomic E-state index is 9.83. The molecule has 0 saturated heterocycles. The maximum absolute atomic E-state index is 9.83. The Hall–Kier alpha value is -0.605. The first-order chi connectivity index (χ1) is 6.24. The molecule has 14 heavy (non-hydrogen) atoms. The third-order valence-corrected chi connectivity index (χ3v) is 2.82. The maximum Gasteiger partial charge on any atom is 0.418 e. The van der Waals surface area contributed by atoms with Crippen LogP contribution in [0.2, 0.25) is 0 Å². The Bertz CT molecular complexity index is 287. The highest BCUT2D eigenvalue weighted by Crippen LogP contribution is 2.25. The highest BCUT2D eigenvalue weighted by Gasteiger charge is 2.37. The monoisotopic (exact) mass is 195 g/mol. The Kier molecular flexibility index (Phi) is 2.88. The van der Waals surface area contributed by atoms with Crippen LogP contribution in [0.1, 0.15) is 27.7 Å². The van der Waals surface area contributed by atoms with E-state index in [2.05, 4.69) is 0 Å². The lowest BCUT2D eigenvalue weighted by molar-refractivity contribution is -0.438. The minimum absolute atomic E-state index is 0.593. The number of hydrogen-bond donors (Lipinski definition) is 1. The molecule has 4 heteroatoms. The molecule has 1 rings (SSSR count). The van der Waals surface area contributed by atoms with Gasteiger partial charge in [0.05, 0.1) is 17.3 Å². The second-order valence-corrected chi connectivity index (χ2v) is 4.66. The van der Waals surface area contributed by atoms with Crippen LogP contribution < -0.4 is 0 Å². The molecule has 0 saturated carbocycles. The van der Waals surface area contributed by atoms with Gasteiger partial charge in [-0.2, -0.15) is 0 Å². The third-order valence-electron chi connectivity index (χ3n) is 2.82. The lowest BCUT2D eigenvalue weighted by Crippen LogP contribution is -2.48. The fourth-order valence-electron chi connectivity index (χ4n) is 0.784. The van der Waals surface area contributed by atoms with E-state index in [1.54, 1.807) is 21.3 Å². The molecule has 0 unspecified atom stereocenters. The number of aliphatic hydroxyl groups is 1. The zero-order valence-corrected chi connectivity index (χ0v) is 9.53. The standard InChI is InChI=1S/C10H18BNO2/c1-9(2,13)10(3,4)14-11-8-6-7-12(8)5/h6-7,13H,1-5H3/q+1. The zero-order chi connectivity index (χ0) is 11.0. The van der Waals surface area contributed by atoms with Crippen LogP contribution in [0.15, 0.2) is 11.7 Å². The molecular weight excluding hydrogens is 177 g/mol. The predicted octanol–water partition coefficient (Wildman–Crippen LogP) is 0.740. The lowest BCUT2D eigenvalue weighted by Gasteiger charge is -2.37. The Balaban J connectivity index is 2.45. The van der Waals surface area contributed by atoms with Crippen molar-refractivity contribution in [1.82, 2.24) is 0 Å². The topological polar surface area (TPSA) is 32.5 Å². The molecule has 1 radical (unpaired) electrons. The van der Waals surface area contributed by atoms with Crippen LogP contribution in [0.5, 0.6) is 0 Å². The van der Waals surface area contributed by atoms with Crippen molar-refractivity contribution in [3.8, 4) is 0 Å². The molecule has 0 aromatic heterocycles. The second kappa shape index (κ2) is 3.52. The molecule has 0 fully saturated rings. The molecule has 1 heterocycles. The first-order valence-electron chi connectivity index (χ1n) is 4.75. The average molecular weight is 195 g/mol. The Morgan fingerprint density at radius 2 is 1.93 bits per heavy atom. The summed E-state index contributed by atoms with van der Waals surface area (Å²) in [7, 11) is 3.63.